The highest BCUT2D eigenvalue weighted by molar-refractivity contribution is 7.89. The summed E-state index contributed by atoms with van der Waals surface area (Å²) in [6, 6.07) is 11.3. The van der Waals surface area contributed by atoms with Crippen LogP contribution in [0.5, 0.6) is 11.5 Å². The van der Waals surface area contributed by atoms with Crippen molar-refractivity contribution in [3.63, 3.8) is 0 Å². The third kappa shape index (κ3) is 5.91. The highest BCUT2D eigenvalue weighted by Crippen LogP contribution is 2.27. The molecule has 2 aromatic rings. The monoisotopic (exact) mass is 475 g/mol. The van der Waals surface area contributed by atoms with Crippen molar-refractivity contribution in [1.82, 2.24) is 4.31 Å². The molecule has 9 heteroatoms. The molecule has 1 fully saturated rings. The normalized spacial score (nSPS) is 15.1. The first-order chi connectivity index (χ1) is 15.8. The minimum absolute atomic E-state index is 0.0200. The Kier molecular flexibility index (Phi) is 8.10. The molecule has 1 aliphatic rings. The molecule has 0 spiro atoms. The maximum atomic E-state index is 12.9. The van der Waals surface area contributed by atoms with Crippen LogP contribution in [0.15, 0.2) is 47.4 Å². The molecule has 3 rings (SSSR count). The molecular formula is C24H29NO7S. The molecular weight excluding hydrogens is 446 g/mol. The van der Waals surface area contributed by atoms with Gasteiger partial charge in [0.15, 0.2) is 5.78 Å². The van der Waals surface area contributed by atoms with Crippen LogP contribution in [-0.2, 0) is 26.2 Å². The Morgan fingerprint density at radius 3 is 2.30 bits per heavy atom. The van der Waals surface area contributed by atoms with Crippen molar-refractivity contribution >= 4 is 21.8 Å². The highest BCUT2D eigenvalue weighted by Gasteiger charge is 2.33. The molecule has 33 heavy (non-hydrogen) atoms. The van der Waals surface area contributed by atoms with E-state index in [0.717, 1.165) is 0 Å². The fourth-order valence-corrected chi connectivity index (χ4v) is 5.20. The second kappa shape index (κ2) is 10.8. The van der Waals surface area contributed by atoms with E-state index in [1.165, 1.54) is 30.5 Å². The van der Waals surface area contributed by atoms with Gasteiger partial charge in [-0.3, -0.25) is 9.59 Å². The van der Waals surface area contributed by atoms with Crippen LogP contribution in [0.1, 0.15) is 42.6 Å². The maximum absolute atomic E-state index is 12.9. The van der Waals surface area contributed by atoms with Crippen molar-refractivity contribution in [2.75, 3.05) is 26.8 Å². The standard InChI is InChI=1S/C24H29NO7S/c1-4-31-21-6-8-22(9-7-21)33(28,29)25-13-11-18(12-14-25)24(27)32-16-20-15-19(17(2)26)5-10-23(20)30-3/h5-10,15,18H,4,11-14,16H2,1-3H3. The molecule has 0 saturated carbocycles. The molecule has 0 aliphatic carbocycles. The van der Waals surface area contributed by atoms with Crippen LogP contribution in [0.2, 0.25) is 0 Å². The summed E-state index contributed by atoms with van der Waals surface area (Å²) in [5.74, 6) is 0.279. The zero-order valence-corrected chi connectivity index (χ0v) is 19.9. The third-order valence-corrected chi connectivity index (χ3v) is 7.53. The van der Waals surface area contributed by atoms with Gasteiger partial charge in [0.25, 0.3) is 0 Å². The Hall–Kier alpha value is -2.91. The SMILES string of the molecule is CCOc1ccc(S(=O)(=O)N2CCC(C(=O)OCc3cc(C(C)=O)ccc3OC)CC2)cc1. The topological polar surface area (TPSA) is 99.2 Å². The lowest BCUT2D eigenvalue weighted by Gasteiger charge is -2.30. The first-order valence-corrected chi connectivity index (χ1v) is 12.3. The Bertz CT molecular complexity index is 1090. The van der Waals surface area contributed by atoms with E-state index >= 15 is 0 Å². The van der Waals surface area contributed by atoms with Crippen LogP contribution >= 0.6 is 0 Å². The molecule has 0 bridgehead atoms. The van der Waals surface area contributed by atoms with Gasteiger partial charge in [-0.2, -0.15) is 4.31 Å². The van der Waals surface area contributed by atoms with Crippen LogP contribution in [0.25, 0.3) is 0 Å². The second-order valence-corrected chi connectivity index (χ2v) is 9.71. The van der Waals surface area contributed by atoms with E-state index in [0.29, 0.717) is 42.1 Å². The Labute approximate surface area is 194 Å². The number of methoxy groups -OCH3 is 1. The number of Topliss-reactive ketones (excluding diaryl/α,β-unsaturated/α-hetero) is 1. The molecule has 0 amide bonds. The number of benzene rings is 2. The predicted octanol–water partition coefficient (Wildman–Crippen LogP) is 3.44. The Morgan fingerprint density at radius 2 is 1.73 bits per heavy atom. The summed E-state index contributed by atoms with van der Waals surface area (Å²) in [7, 11) is -2.13. The van der Waals surface area contributed by atoms with Gasteiger partial charge in [-0.25, -0.2) is 8.42 Å². The van der Waals surface area contributed by atoms with Gasteiger partial charge in [0.1, 0.15) is 18.1 Å². The quantitative estimate of drug-likeness (QED) is 0.405. The van der Waals surface area contributed by atoms with E-state index in [1.54, 1.807) is 30.3 Å². The Morgan fingerprint density at radius 1 is 1.06 bits per heavy atom. The van der Waals surface area contributed by atoms with Crippen LogP contribution in [-0.4, -0.2) is 51.3 Å². The number of ketones is 1. The lowest BCUT2D eigenvalue weighted by Crippen LogP contribution is -2.40. The summed E-state index contributed by atoms with van der Waals surface area (Å²) >= 11 is 0. The van der Waals surface area contributed by atoms with Crippen molar-refractivity contribution < 1.29 is 32.2 Å². The van der Waals surface area contributed by atoms with Gasteiger partial charge in [-0.05, 0) is 69.2 Å². The lowest BCUT2D eigenvalue weighted by molar-refractivity contribution is -0.151. The summed E-state index contributed by atoms with van der Waals surface area (Å²) in [6.45, 7) is 4.28. The summed E-state index contributed by atoms with van der Waals surface area (Å²) in [6.07, 6.45) is 0.749. The third-order valence-electron chi connectivity index (χ3n) is 5.62. The number of hydrogen-bond acceptors (Lipinski definition) is 7. The van der Waals surface area contributed by atoms with E-state index in [2.05, 4.69) is 0 Å². The van der Waals surface area contributed by atoms with E-state index in [9.17, 15) is 18.0 Å². The molecule has 0 aromatic heterocycles. The van der Waals surface area contributed by atoms with Crippen molar-refractivity contribution in [2.45, 2.75) is 38.2 Å². The van der Waals surface area contributed by atoms with Gasteiger partial charge in [-0.1, -0.05) is 0 Å². The average molecular weight is 476 g/mol. The number of nitrogens with zero attached hydrogens (tertiary/aromatic N) is 1. The Balaban J connectivity index is 1.58. The lowest BCUT2D eigenvalue weighted by atomic mass is 9.98. The van der Waals surface area contributed by atoms with Crippen molar-refractivity contribution in [3.05, 3.63) is 53.6 Å². The fraction of sp³-hybridized carbons (Fsp3) is 0.417. The first kappa shape index (κ1) is 24.7. The highest BCUT2D eigenvalue weighted by atomic mass is 32.2. The summed E-state index contributed by atoms with van der Waals surface area (Å²) in [4.78, 5) is 24.4. The van der Waals surface area contributed by atoms with Crippen molar-refractivity contribution in [2.24, 2.45) is 5.92 Å². The van der Waals surface area contributed by atoms with Gasteiger partial charge < -0.3 is 14.2 Å². The number of rotatable bonds is 9. The van der Waals surface area contributed by atoms with E-state index in [-0.39, 0.29) is 36.3 Å². The molecule has 0 atom stereocenters. The summed E-state index contributed by atoms with van der Waals surface area (Å²) in [5.41, 5.74) is 1.11. The zero-order valence-electron chi connectivity index (χ0n) is 19.1. The van der Waals surface area contributed by atoms with Crippen LogP contribution in [0.4, 0.5) is 0 Å². The summed E-state index contributed by atoms with van der Waals surface area (Å²) in [5, 5.41) is 0. The number of carbonyl (C=O) groups is 2. The summed E-state index contributed by atoms with van der Waals surface area (Å²) < 4.78 is 43.4. The largest absolute Gasteiger partial charge is 0.496 e. The fourth-order valence-electron chi connectivity index (χ4n) is 3.73. The van der Waals surface area contributed by atoms with Gasteiger partial charge in [0.2, 0.25) is 10.0 Å². The smallest absolute Gasteiger partial charge is 0.309 e. The minimum Gasteiger partial charge on any atom is -0.496 e. The van der Waals surface area contributed by atoms with Gasteiger partial charge in [-0.15, -0.1) is 0 Å². The number of piperidine rings is 1. The van der Waals surface area contributed by atoms with Gasteiger partial charge in [0.05, 0.1) is 24.5 Å². The van der Waals surface area contributed by atoms with Crippen LogP contribution < -0.4 is 9.47 Å². The molecule has 1 heterocycles. The second-order valence-electron chi connectivity index (χ2n) is 7.77. The molecule has 1 aliphatic heterocycles. The molecule has 8 nitrogen and oxygen atoms in total. The maximum Gasteiger partial charge on any atom is 0.309 e. The van der Waals surface area contributed by atoms with Crippen LogP contribution in [0.3, 0.4) is 0 Å². The molecule has 178 valence electrons. The molecule has 0 N–H and O–H groups in total. The first-order valence-electron chi connectivity index (χ1n) is 10.8. The number of carbonyl (C=O) groups excluding carboxylic acids is 2. The average Bonchev–Trinajstić information content (AvgIpc) is 2.83. The molecule has 0 unspecified atom stereocenters. The number of ether oxygens (including phenoxy) is 3. The number of esters is 1. The van der Waals surface area contributed by atoms with E-state index in [4.69, 9.17) is 14.2 Å². The van der Waals surface area contributed by atoms with Crippen LogP contribution in [0, 0.1) is 5.92 Å². The molecule has 2 aromatic carbocycles. The van der Waals surface area contributed by atoms with Gasteiger partial charge in [0, 0.05) is 24.2 Å². The molecule has 1 saturated heterocycles. The van der Waals surface area contributed by atoms with E-state index in [1.807, 2.05) is 6.92 Å². The zero-order chi connectivity index (χ0) is 24.0. The van der Waals surface area contributed by atoms with Crippen molar-refractivity contribution in [3.8, 4) is 11.5 Å². The number of hydrogen-bond donors (Lipinski definition) is 0. The van der Waals surface area contributed by atoms with Crippen molar-refractivity contribution in [1.29, 1.82) is 0 Å². The molecule has 0 radical (unpaired) electrons. The minimum atomic E-state index is -3.64. The van der Waals surface area contributed by atoms with Gasteiger partial charge >= 0.3 is 5.97 Å². The predicted molar refractivity (Wildman–Crippen MR) is 122 cm³/mol. The number of sulfonamides is 1. The van der Waals surface area contributed by atoms with E-state index < -0.39 is 15.9 Å².